The fraction of sp³-hybridized carbons (Fsp3) is 0.385. The maximum Gasteiger partial charge on any atom is 0.573 e. The van der Waals surface area contributed by atoms with Crippen LogP contribution in [-0.4, -0.2) is 33.2 Å². The van der Waals surface area contributed by atoms with Crippen molar-refractivity contribution >= 4 is 6.08 Å². The van der Waals surface area contributed by atoms with Crippen molar-refractivity contribution in [1.29, 1.82) is 0 Å². The summed E-state index contributed by atoms with van der Waals surface area (Å²) in [7, 11) is 1.63. The summed E-state index contributed by atoms with van der Waals surface area (Å²) in [5, 5.41) is 3.11. The average molecular weight is 275 g/mol. The minimum atomic E-state index is -4.65. The van der Waals surface area contributed by atoms with Crippen molar-refractivity contribution in [3.63, 3.8) is 0 Å². The van der Waals surface area contributed by atoms with Gasteiger partial charge < -0.3 is 14.8 Å². The van der Waals surface area contributed by atoms with E-state index < -0.39 is 6.36 Å². The first-order valence-corrected chi connectivity index (χ1v) is 5.73. The van der Waals surface area contributed by atoms with E-state index in [0.29, 0.717) is 13.2 Å². The maximum atomic E-state index is 11.9. The first-order valence-electron chi connectivity index (χ1n) is 5.73. The molecule has 0 saturated heterocycles. The lowest BCUT2D eigenvalue weighted by Gasteiger charge is -2.08. The van der Waals surface area contributed by atoms with Crippen LogP contribution >= 0.6 is 0 Å². The molecule has 1 aromatic carbocycles. The number of halogens is 3. The van der Waals surface area contributed by atoms with E-state index in [1.807, 2.05) is 12.2 Å². The Morgan fingerprint density at radius 2 is 1.89 bits per heavy atom. The first kappa shape index (κ1) is 15.5. The Balaban J connectivity index is 2.37. The van der Waals surface area contributed by atoms with E-state index in [4.69, 9.17) is 4.74 Å². The summed E-state index contributed by atoms with van der Waals surface area (Å²) in [5.41, 5.74) is 0.808. The van der Waals surface area contributed by atoms with Crippen LogP contribution in [-0.2, 0) is 4.74 Å². The summed E-state index contributed by atoms with van der Waals surface area (Å²) < 4.78 is 44.5. The smallest absolute Gasteiger partial charge is 0.406 e. The molecule has 0 amide bonds. The number of rotatable bonds is 7. The highest BCUT2D eigenvalue weighted by Crippen LogP contribution is 2.22. The molecule has 0 spiro atoms. The third-order valence-electron chi connectivity index (χ3n) is 2.17. The van der Waals surface area contributed by atoms with Gasteiger partial charge in [0.15, 0.2) is 0 Å². The lowest BCUT2D eigenvalue weighted by Crippen LogP contribution is -2.18. The first-order chi connectivity index (χ1) is 9.01. The molecule has 0 aliphatic carbocycles. The molecule has 1 N–H and O–H groups in total. The van der Waals surface area contributed by atoms with Crippen LogP contribution in [0.1, 0.15) is 5.56 Å². The van der Waals surface area contributed by atoms with Gasteiger partial charge >= 0.3 is 6.36 Å². The van der Waals surface area contributed by atoms with Gasteiger partial charge in [0, 0.05) is 20.2 Å². The lowest BCUT2D eigenvalue weighted by atomic mass is 10.2. The van der Waals surface area contributed by atoms with Crippen molar-refractivity contribution in [2.45, 2.75) is 6.36 Å². The van der Waals surface area contributed by atoms with Gasteiger partial charge in [-0.2, -0.15) is 0 Å². The van der Waals surface area contributed by atoms with Gasteiger partial charge in [-0.25, -0.2) is 0 Å². The van der Waals surface area contributed by atoms with Crippen molar-refractivity contribution in [2.75, 3.05) is 26.8 Å². The molecule has 0 heterocycles. The van der Waals surface area contributed by atoms with E-state index >= 15 is 0 Å². The Morgan fingerprint density at radius 3 is 2.47 bits per heavy atom. The summed E-state index contributed by atoms with van der Waals surface area (Å²) >= 11 is 0. The third kappa shape index (κ3) is 7.48. The van der Waals surface area contributed by atoms with Gasteiger partial charge in [-0.1, -0.05) is 24.3 Å². The number of hydrogen-bond donors (Lipinski definition) is 1. The number of benzene rings is 1. The molecule has 0 aliphatic heterocycles. The van der Waals surface area contributed by atoms with E-state index in [2.05, 4.69) is 10.1 Å². The van der Waals surface area contributed by atoms with Crippen LogP contribution in [0.3, 0.4) is 0 Å². The molecule has 0 aromatic heterocycles. The Bertz CT molecular complexity index is 388. The van der Waals surface area contributed by atoms with E-state index in [1.165, 1.54) is 12.1 Å². The number of nitrogens with one attached hydrogen (secondary N) is 1. The highest BCUT2D eigenvalue weighted by atomic mass is 19.4. The van der Waals surface area contributed by atoms with Crippen LogP contribution in [0.2, 0.25) is 0 Å². The molecular weight excluding hydrogens is 259 g/mol. The highest BCUT2D eigenvalue weighted by molar-refractivity contribution is 5.50. The molecule has 3 nitrogen and oxygen atoms in total. The molecule has 0 aliphatic rings. The topological polar surface area (TPSA) is 30.5 Å². The Morgan fingerprint density at radius 1 is 1.21 bits per heavy atom. The van der Waals surface area contributed by atoms with Crippen LogP contribution < -0.4 is 10.1 Å². The monoisotopic (exact) mass is 275 g/mol. The molecule has 1 rings (SSSR count). The van der Waals surface area contributed by atoms with E-state index in [1.54, 1.807) is 19.2 Å². The SMILES string of the molecule is COCCNCC=Cc1ccc(OC(F)(F)F)cc1. The summed E-state index contributed by atoms with van der Waals surface area (Å²) in [6.07, 6.45) is -0.949. The lowest BCUT2D eigenvalue weighted by molar-refractivity contribution is -0.274. The molecule has 0 radical (unpaired) electrons. The summed E-state index contributed by atoms with van der Waals surface area (Å²) in [4.78, 5) is 0. The molecule has 1 aromatic rings. The van der Waals surface area contributed by atoms with Crippen LogP contribution in [0.15, 0.2) is 30.3 Å². The van der Waals surface area contributed by atoms with Crippen LogP contribution in [0, 0.1) is 0 Å². The van der Waals surface area contributed by atoms with Crippen molar-refractivity contribution in [2.24, 2.45) is 0 Å². The minimum Gasteiger partial charge on any atom is -0.406 e. The highest BCUT2D eigenvalue weighted by Gasteiger charge is 2.30. The molecule has 0 fully saturated rings. The van der Waals surface area contributed by atoms with Gasteiger partial charge in [-0.05, 0) is 17.7 Å². The quantitative estimate of drug-likeness (QED) is 0.776. The van der Waals surface area contributed by atoms with Gasteiger partial charge in [0.2, 0.25) is 0 Å². The fourth-order valence-corrected chi connectivity index (χ4v) is 1.34. The van der Waals surface area contributed by atoms with Crippen molar-refractivity contribution < 1.29 is 22.6 Å². The normalized spacial score (nSPS) is 12.0. The second-order valence-corrected chi connectivity index (χ2v) is 3.72. The number of ether oxygens (including phenoxy) is 2. The Kier molecular flexibility index (Phi) is 6.38. The predicted octanol–water partition coefficient (Wildman–Crippen LogP) is 2.83. The van der Waals surface area contributed by atoms with Gasteiger partial charge in [0.1, 0.15) is 5.75 Å². The second kappa shape index (κ2) is 7.81. The van der Waals surface area contributed by atoms with Crippen LogP contribution in [0.4, 0.5) is 13.2 Å². The largest absolute Gasteiger partial charge is 0.573 e. The summed E-state index contributed by atoms with van der Waals surface area (Å²) in [6, 6.07) is 5.69. The number of hydrogen-bond acceptors (Lipinski definition) is 3. The summed E-state index contributed by atoms with van der Waals surface area (Å²) in [5.74, 6) is -0.220. The van der Waals surface area contributed by atoms with E-state index in [0.717, 1.165) is 12.1 Å². The average Bonchev–Trinajstić information content (AvgIpc) is 2.34. The molecule has 19 heavy (non-hydrogen) atoms. The predicted molar refractivity (Wildman–Crippen MR) is 66.9 cm³/mol. The zero-order valence-corrected chi connectivity index (χ0v) is 10.5. The van der Waals surface area contributed by atoms with Crippen molar-refractivity contribution in [3.05, 3.63) is 35.9 Å². The molecule has 0 atom stereocenters. The zero-order chi connectivity index (χ0) is 14.1. The molecule has 0 saturated carbocycles. The van der Waals surface area contributed by atoms with Crippen LogP contribution in [0.25, 0.3) is 6.08 Å². The molecular formula is C13H16F3NO2. The van der Waals surface area contributed by atoms with E-state index in [9.17, 15) is 13.2 Å². The summed E-state index contributed by atoms with van der Waals surface area (Å²) in [6.45, 7) is 2.06. The molecule has 0 bridgehead atoms. The fourth-order valence-electron chi connectivity index (χ4n) is 1.34. The van der Waals surface area contributed by atoms with Crippen molar-refractivity contribution in [1.82, 2.24) is 5.32 Å². The maximum absolute atomic E-state index is 11.9. The van der Waals surface area contributed by atoms with Gasteiger partial charge in [0.05, 0.1) is 6.61 Å². The standard InChI is InChI=1S/C13H16F3NO2/c1-18-10-9-17-8-2-3-11-4-6-12(7-5-11)19-13(14,15)16/h2-7,17H,8-10H2,1H3. The van der Waals surface area contributed by atoms with Crippen molar-refractivity contribution in [3.8, 4) is 5.75 Å². The van der Waals surface area contributed by atoms with Gasteiger partial charge in [-0.15, -0.1) is 13.2 Å². The third-order valence-corrected chi connectivity index (χ3v) is 2.17. The second-order valence-electron chi connectivity index (χ2n) is 3.72. The molecule has 0 unspecified atom stereocenters. The van der Waals surface area contributed by atoms with E-state index in [-0.39, 0.29) is 5.75 Å². The molecule has 6 heteroatoms. The Hall–Kier alpha value is -1.53. The number of alkyl halides is 3. The number of methoxy groups -OCH3 is 1. The van der Waals surface area contributed by atoms with Gasteiger partial charge in [-0.3, -0.25) is 0 Å². The van der Waals surface area contributed by atoms with Gasteiger partial charge in [0.25, 0.3) is 0 Å². The Labute approximate surface area is 110 Å². The van der Waals surface area contributed by atoms with Crippen LogP contribution in [0.5, 0.6) is 5.75 Å². The zero-order valence-electron chi connectivity index (χ0n) is 10.5. The minimum absolute atomic E-state index is 0.220. The molecule has 106 valence electrons.